The maximum absolute atomic E-state index is 12.6. The van der Waals surface area contributed by atoms with Crippen molar-refractivity contribution in [3.63, 3.8) is 0 Å². The van der Waals surface area contributed by atoms with Gasteiger partial charge >= 0.3 is 0 Å². The van der Waals surface area contributed by atoms with E-state index in [1.54, 1.807) is 0 Å². The van der Waals surface area contributed by atoms with Crippen molar-refractivity contribution in [2.24, 2.45) is 0 Å². The van der Waals surface area contributed by atoms with Crippen molar-refractivity contribution in [3.05, 3.63) is 53.6 Å². The van der Waals surface area contributed by atoms with E-state index >= 15 is 0 Å². The van der Waals surface area contributed by atoms with Crippen molar-refractivity contribution in [2.45, 2.75) is 51.4 Å². The zero-order chi connectivity index (χ0) is 19.9. The molecule has 0 unspecified atom stereocenters. The van der Waals surface area contributed by atoms with Crippen LogP contribution in [0, 0.1) is 0 Å². The molecule has 1 aliphatic carbocycles. The van der Waals surface area contributed by atoms with Crippen LogP contribution in [0.1, 0.15) is 61.7 Å². The molecule has 2 heterocycles. The Kier molecular flexibility index (Phi) is 6.55. The van der Waals surface area contributed by atoms with E-state index in [9.17, 15) is 4.79 Å². The number of allylic oxidation sites excluding steroid dienone is 1. The highest BCUT2D eigenvalue weighted by atomic mass is 16.1. The summed E-state index contributed by atoms with van der Waals surface area (Å²) in [6.07, 6.45) is 12.0. The third-order valence-corrected chi connectivity index (χ3v) is 5.87. The average molecular weight is 391 g/mol. The Morgan fingerprint density at radius 1 is 1.00 bits per heavy atom. The minimum Gasteiger partial charge on any atom is -0.355 e. The summed E-state index contributed by atoms with van der Waals surface area (Å²) in [7, 11) is 0. The number of carbonyl (C=O) groups is 1. The lowest BCUT2D eigenvalue weighted by Gasteiger charge is -2.27. The SMILES string of the molecule is O=C(NCCC1=CCCCC1)c1cccc(-c2ccc(N3CCCCC3)nn2)c1. The molecule has 1 aromatic heterocycles. The zero-order valence-corrected chi connectivity index (χ0v) is 17.1. The molecular weight excluding hydrogens is 360 g/mol. The number of nitrogens with zero attached hydrogens (tertiary/aromatic N) is 3. The van der Waals surface area contributed by atoms with Crippen LogP contribution in [-0.2, 0) is 0 Å². The van der Waals surface area contributed by atoms with Gasteiger partial charge in [0.05, 0.1) is 5.69 Å². The molecule has 1 amide bonds. The molecule has 2 aromatic rings. The Morgan fingerprint density at radius 2 is 1.90 bits per heavy atom. The molecule has 0 atom stereocenters. The van der Waals surface area contributed by atoms with Crippen LogP contribution in [0.5, 0.6) is 0 Å². The number of hydrogen-bond donors (Lipinski definition) is 1. The van der Waals surface area contributed by atoms with E-state index in [1.165, 1.54) is 50.5 Å². The largest absolute Gasteiger partial charge is 0.355 e. The van der Waals surface area contributed by atoms with Crippen LogP contribution in [-0.4, -0.2) is 35.7 Å². The molecule has 5 heteroatoms. The van der Waals surface area contributed by atoms with E-state index in [2.05, 4.69) is 26.5 Å². The Balaban J connectivity index is 1.37. The summed E-state index contributed by atoms with van der Waals surface area (Å²) in [6, 6.07) is 11.7. The molecule has 1 fully saturated rings. The van der Waals surface area contributed by atoms with Crippen molar-refractivity contribution in [2.75, 3.05) is 24.5 Å². The fraction of sp³-hybridized carbons (Fsp3) is 0.458. The summed E-state index contributed by atoms with van der Waals surface area (Å²) in [4.78, 5) is 14.9. The summed E-state index contributed by atoms with van der Waals surface area (Å²) in [5.74, 6) is 0.917. The number of benzene rings is 1. The number of amides is 1. The molecular formula is C24H30N4O. The summed E-state index contributed by atoms with van der Waals surface area (Å²) in [6.45, 7) is 2.81. The first-order valence-corrected chi connectivity index (χ1v) is 10.9. The smallest absolute Gasteiger partial charge is 0.251 e. The number of aromatic nitrogens is 2. The van der Waals surface area contributed by atoms with E-state index in [1.807, 2.05) is 36.4 Å². The molecule has 0 spiro atoms. The van der Waals surface area contributed by atoms with Crippen molar-refractivity contribution in [1.82, 2.24) is 15.5 Å². The van der Waals surface area contributed by atoms with Gasteiger partial charge in [-0.3, -0.25) is 4.79 Å². The van der Waals surface area contributed by atoms with Crippen LogP contribution in [0.15, 0.2) is 48.0 Å². The molecule has 29 heavy (non-hydrogen) atoms. The van der Waals surface area contributed by atoms with Gasteiger partial charge in [0, 0.05) is 30.8 Å². The van der Waals surface area contributed by atoms with Crippen molar-refractivity contribution < 1.29 is 4.79 Å². The van der Waals surface area contributed by atoms with E-state index in [0.29, 0.717) is 12.1 Å². The minimum atomic E-state index is -0.0267. The zero-order valence-electron chi connectivity index (χ0n) is 17.1. The van der Waals surface area contributed by atoms with E-state index < -0.39 is 0 Å². The summed E-state index contributed by atoms with van der Waals surface area (Å²) in [5.41, 5.74) is 3.87. The van der Waals surface area contributed by atoms with Crippen molar-refractivity contribution in [3.8, 4) is 11.3 Å². The number of carbonyl (C=O) groups excluding carboxylic acids is 1. The van der Waals surface area contributed by atoms with E-state index in [0.717, 1.165) is 36.6 Å². The van der Waals surface area contributed by atoms with Crippen LogP contribution in [0.2, 0.25) is 0 Å². The molecule has 0 saturated carbocycles. The Bertz CT molecular complexity index is 853. The van der Waals surface area contributed by atoms with Gasteiger partial charge in [0.15, 0.2) is 5.82 Å². The highest BCUT2D eigenvalue weighted by molar-refractivity contribution is 5.95. The predicted molar refractivity (Wildman–Crippen MR) is 117 cm³/mol. The lowest BCUT2D eigenvalue weighted by Crippen LogP contribution is -2.30. The van der Waals surface area contributed by atoms with Gasteiger partial charge < -0.3 is 10.2 Å². The molecule has 1 saturated heterocycles. The summed E-state index contributed by atoms with van der Waals surface area (Å²) < 4.78 is 0. The van der Waals surface area contributed by atoms with E-state index in [-0.39, 0.29) is 5.91 Å². The molecule has 152 valence electrons. The van der Waals surface area contributed by atoms with E-state index in [4.69, 9.17) is 0 Å². The monoisotopic (exact) mass is 390 g/mol. The standard InChI is InChI=1S/C24H30N4O/c29-24(25-15-14-19-8-3-1-4-9-19)21-11-7-10-20(18-21)22-12-13-23(27-26-22)28-16-5-2-6-17-28/h7-8,10-13,18H,1-6,9,14-17H2,(H,25,29). The number of piperidine rings is 1. The van der Waals surface area contributed by atoms with Crippen molar-refractivity contribution in [1.29, 1.82) is 0 Å². The molecule has 0 bridgehead atoms. The van der Waals surface area contributed by atoms with Gasteiger partial charge in [-0.15, -0.1) is 10.2 Å². The first kappa shape index (κ1) is 19.6. The van der Waals surface area contributed by atoms with Crippen LogP contribution >= 0.6 is 0 Å². The first-order chi connectivity index (χ1) is 14.3. The first-order valence-electron chi connectivity index (χ1n) is 10.9. The second-order valence-corrected chi connectivity index (χ2v) is 8.02. The Hall–Kier alpha value is -2.69. The summed E-state index contributed by atoms with van der Waals surface area (Å²) >= 11 is 0. The fourth-order valence-electron chi connectivity index (χ4n) is 4.16. The second-order valence-electron chi connectivity index (χ2n) is 8.02. The fourth-order valence-corrected chi connectivity index (χ4v) is 4.16. The van der Waals surface area contributed by atoms with Gasteiger partial charge in [-0.2, -0.15) is 0 Å². The van der Waals surface area contributed by atoms with Crippen LogP contribution in [0.25, 0.3) is 11.3 Å². The number of anilines is 1. The normalized spacial score (nSPS) is 17.0. The Morgan fingerprint density at radius 3 is 2.66 bits per heavy atom. The van der Waals surface area contributed by atoms with Gasteiger partial charge in [-0.05, 0) is 75.6 Å². The maximum Gasteiger partial charge on any atom is 0.251 e. The van der Waals surface area contributed by atoms with Crippen molar-refractivity contribution >= 4 is 11.7 Å². The maximum atomic E-state index is 12.6. The summed E-state index contributed by atoms with van der Waals surface area (Å²) in [5, 5.41) is 11.9. The lowest BCUT2D eigenvalue weighted by atomic mass is 9.97. The Labute approximate surface area is 173 Å². The van der Waals surface area contributed by atoms with Crippen LogP contribution in [0.4, 0.5) is 5.82 Å². The number of nitrogens with one attached hydrogen (secondary N) is 1. The topological polar surface area (TPSA) is 58.1 Å². The molecule has 4 rings (SSSR count). The molecule has 0 radical (unpaired) electrons. The molecule has 1 aliphatic heterocycles. The molecule has 5 nitrogen and oxygen atoms in total. The lowest BCUT2D eigenvalue weighted by molar-refractivity contribution is 0.0954. The molecule has 1 N–H and O–H groups in total. The van der Waals surface area contributed by atoms with Gasteiger partial charge in [-0.1, -0.05) is 23.8 Å². The van der Waals surface area contributed by atoms with Gasteiger partial charge in [0.25, 0.3) is 5.91 Å². The highest BCUT2D eigenvalue weighted by Crippen LogP contribution is 2.22. The third kappa shape index (κ3) is 5.22. The van der Waals surface area contributed by atoms with Gasteiger partial charge in [-0.25, -0.2) is 0 Å². The van der Waals surface area contributed by atoms with Crippen LogP contribution < -0.4 is 10.2 Å². The van der Waals surface area contributed by atoms with Gasteiger partial charge in [0.2, 0.25) is 0 Å². The van der Waals surface area contributed by atoms with Crippen LogP contribution in [0.3, 0.4) is 0 Å². The van der Waals surface area contributed by atoms with Gasteiger partial charge in [0.1, 0.15) is 0 Å². The quantitative estimate of drug-likeness (QED) is 0.723. The molecule has 2 aliphatic rings. The third-order valence-electron chi connectivity index (χ3n) is 5.87. The average Bonchev–Trinajstić information content (AvgIpc) is 2.80. The number of rotatable bonds is 6. The second kappa shape index (κ2) is 9.68. The molecule has 1 aromatic carbocycles. The highest BCUT2D eigenvalue weighted by Gasteiger charge is 2.13. The minimum absolute atomic E-state index is 0.0267. The number of hydrogen-bond acceptors (Lipinski definition) is 4. The predicted octanol–water partition coefficient (Wildman–Crippen LogP) is 4.75.